The van der Waals surface area contributed by atoms with Crippen LogP contribution in [0.1, 0.15) is 45.0 Å². The van der Waals surface area contributed by atoms with Crippen molar-refractivity contribution < 1.29 is 19.1 Å². The Balaban J connectivity index is 0.000000321. The molecule has 0 aliphatic rings. The largest absolute Gasteiger partial charge is 0.444 e. The fourth-order valence-electron chi connectivity index (χ4n) is 4.10. The highest BCUT2D eigenvalue weighted by Crippen LogP contribution is 2.26. The molecule has 0 bridgehead atoms. The lowest BCUT2D eigenvalue weighted by molar-refractivity contribution is 0.0296. The number of hydrogen-bond donors (Lipinski definition) is 5. The highest BCUT2D eigenvalue weighted by atomic mass is 35.5. The second-order valence-corrected chi connectivity index (χ2v) is 14.3. The number of carbonyl (C=O) groups excluding carboxylic acids is 3. The number of aryl methyl sites for hydroxylation is 2. The molecule has 4 aromatic rings. The van der Waals surface area contributed by atoms with Crippen molar-refractivity contribution in [1.82, 2.24) is 24.8 Å². The van der Waals surface area contributed by atoms with Crippen LogP contribution in [-0.2, 0) is 4.74 Å². The molecule has 0 radical (unpaired) electrons. The normalized spacial score (nSPS) is 10.7. The van der Waals surface area contributed by atoms with Crippen LogP contribution in [0.15, 0.2) is 48.5 Å². The molecule has 4 rings (SSSR count). The minimum atomic E-state index is -0.512. The van der Waals surface area contributed by atoms with Gasteiger partial charge < -0.3 is 25.6 Å². The zero-order chi connectivity index (χ0) is 39.3. The van der Waals surface area contributed by atoms with Crippen molar-refractivity contribution in [3.63, 3.8) is 0 Å². The van der Waals surface area contributed by atoms with E-state index in [1.165, 1.54) is 6.07 Å². The van der Waals surface area contributed by atoms with Crippen LogP contribution in [-0.4, -0.2) is 68.7 Å². The zero-order valence-corrected chi connectivity index (χ0v) is 33.5. The Morgan fingerprint density at radius 2 is 1.19 bits per heavy atom. The van der Waals surface area contributed by atoms with Gasteiger partial charge in [-0.15, -0.1) is 0 Å². The first kappa shape index (κ1) is 43.1. The number of carbonyl (C=O) groups is 3. The van der Waals surface area contributed by atoms with Crippen LogP contribution >= 0.6 is 58.0 Å². The second kappa shape index (κ2) is 20.2. The first-order valence-electron chi connectivity index (χ1n) is 16.0. The van der Waals surface area contributed by atoms with E-state index in [0.29, 0.717) is 61.8 Å². The zero-order valence-electron chi connectivity index (χ0n) is 29.7. The van der Waals surface area contributed by atoms with Crippen molar-refractivity contribution in [3.8, 4) is 0 Å². The molecule has 5 amide bonds. The van der Waals surface area contributed by atoms with E-state index in [1.54, 1.807) is 61.3 Å². The van der Waals surface area contributed by atoms with Crippen LogP contribution in [0, 0.1) is 13.8 Å². The van der Waals surface area contributed by atoms with Crippen LogP contribution in [0.25, 0.3) is 0 Å². The standard InChI is InChI=1S/C22H30Cl2N6O3.C12H9Cl3N4O/c1-14-12-18(25-10-6-7-11-30(5)21(32)33-22(2,3)4)28-19(26-14)29-20(31)27-15-8-9-16(23)17(24)13-15;1-6-4-10(15)18-11(16-6)19-12(20)17-7-2-3-8(13)9(14)5-7/h8-9,12-13H,6-7,10-11H2,1-5H3,(H3,25,26,27,28,29,31);2-5H,1H3,(H2,16,17,18,19,20). The molecule has 0 spiro atoms. The molecule has 2 aromatic carbocycles. The van der Waals surface area contributed by atoms with Gasteiger partial charge in [-0.05, 0) is 89.9 Å². The van der Waals surface area contributed by atoms with E-state index in [0.717, 1.165) is 12.8 Å². The molecule has 2 aromatic heterocycles. The van der Waals surface area contributed by atoms with Gasteiger partial charge in [0.15, 0.2) is 0 Å². The van der Waals surface area contributed by atoms with Gasteiger partial charge in [0.1, 0.15) is 16.6 Å². The molecule has 0 fully saturated rings. The summed E-state index contributed by atoms with van der Waals surface area (Å²) in [7, 11) is 1.72. The molecule has 0 saturated heterocycles. The van der Waals surface area contributed by atoms with Gasteiger partial charge in [0.2, 0.25) is 11.9 Å². The summed E-state index contributed by atoms with van der Waals surface area (Å²) in [5, 5.41) is 15.3. The number of benzene rings is 2. The number of nitrogens with zero attached hydrogens (tertiary/aromatic N) is 5. The number of aromatic nitrogens is 4. The van der Waals surface area contributed by atoms with E-state index in [9.17, 15) is 14.4 Å². The molecule has 19 heteroatoms. The third-order valence-corrected chi connectivity index (χ3v) is 8.09. The van der Waals surface area contributed by atoms with Gasteiger partial charge in [-0.1, -0.05) is 58.0 Å². The summed E-state index contributed by atoms with van der Waals surface area (Å²) in [5.41, 5.74) is 1.82. The smallest absolute Gasteiger partial charge is 0.410 e. The van der Waals surface area contributed by atoms with Crippen molar-refractivity contribution in [2.45, 2.75) is 53.1 Å². The molecular formula is C34H39Cl5N10O4. The number of ether oxygens (including phenoxy) is 1. The molecule has 2 heterocycles. The van der Waals surface area contributed by atoms with Gasteiger partial charge in [-0.3, -0.25) is 10.6 Å². The summed E-state index contributed by atoms with van der Waals surface area (Å²) < 4.78 is 5.33. The molecule has 0 aliphatic heterocycles. The van der Waals surface area contributed by atoms with Gasteiger partial charge in [0, 0.05) is 49.0 Å². The van der Waals surface area contributed by atoms with Gasteiger partial charge in [0.25, 0.3) is 0 Å². The molecule has 0 unspecified atom stereocenters. The monoisotopic (exact) mass is 826 g/mol. The lowest BCUT2D eigenvalue weighted by Crippen LogP contribution is -2.34. The van der Waals surface area contributed by atoms with E-state index in [2.05, 4.69) is 46.5 Å². The summed E-state index contributed by atoms with van der Waals surface area (Å²) in [4.78, 5) is 54.1. The highest BCUT2D eigenvalue weighted by Gasteiger charge is 2.19. The summed E-state index contributed by atoms with van der Waals surface area (Å²) in [6.07, 6.45) is 1.28. The predicted octanol–water partition coefficient (Wildman–Crippen LogP) is 10.2. The van der Waals surface area contributed by atoms with Crippen LogP contribution in [0.2, 0.25) is 25.2 Å². The Labute approximate surface area is 332 Å². The molecule has 0 saturated carbocycles. The van der Waals surface area contributed by atoms with Crippen molar-refractivity contribution in [2.24, 2.45) is 0 Å². The second-order valence-electron chi connectivity index (χ2n) is 12.3. The maximum atomic E-state index is 12.3. The van der Waals surface area contributed by atoms with Crippen molar-refractivity contribution in [2.75, 3.05) is 46.7 Å². The Morgan fingerprint density at radius 3 is 1.68 bits per heavy atom. The summed E-state index contributed by atoms with van der Waals surface area (Å²) in [6, 6.07) is 11.9. The molecule has 53 heavy (non-hydrogen) atoms. The average molecular weight is 829 g/mol. The maximum Gasteiger partial charge on any atom is 0.410 e. The number of nitrogens with one attached hydrogen (secondary N) is 5. The van der Waals surface area contributed by atoms with Crippen LogP contribution in [0.3, 0.4) is 0 Å². The van der Waals surface area contributed by atoms with E-state index < -0.39 is 17.7 Å². The Bertz CT molecular complexity index is 1890. The number of urea groups is 2. The average Bonchev–Trinajstić information content (AvgIpc) is 3.03. The van der Waals surface area contributed by atoms with Crippen LogP contribution in [0.5, 0.6) is 0 Å². The lowest BCUT2D eigenvalue weighted by atomic mass is 10.2. The first-order valence-corrected chi connectivity index (χ1v) is 17.9. The molecule has 0 aliphatic carbocycles. The fraction of sp³-hybridized carbons (Fsp3) is 0.324. The first-order chi connectivity index (χ1) is 24.9. The van der Waals surface area contributed by atoms with Gasteiger partial charge in [-0.2, -0.15) is 4.98 Å². The van der Waals surface area contributed by atoms with Crippen LogP contribution < -0.4 is 26.6 Å². The Morgan fingerprint density at radius 1 is 0.679 bits per heavy atom. The molecular weight excluding hydrogens is 790 g/mol. The number of rotatable bonds is 10. The molecule has 284 valence electrons. The van der Waals surface area contributed by atoms with Crippen molar-refractivity contribution in [3.05, 3.63) is 85.2 Å². The summed E-state index contributed by atoms with van der Waals surface area (Å²) in [5.74, 6) is 0.875. The number of halogens is 5. The van der Waals surface area contributed by atoms with Crippen molar-refractivity contribution >= 4 is 105 Å². The Kier molecular flexibility index (Phi) is 16.4. The quantitative estimate of drug-likeness (QED) is 0.0769. The molecule has 14 nitrogen and oxygen atoms in total. The van der Waals surface area contributed by atoms with Gasteiger partial charge in [0.05, 0.1) is 20.1 Å². The van der Waals surface area contributed by atoms with Gasteiger partial charge >= 0.3 is 18.2 Å². The number of unbranched alkanes of at least 4 members (excludes halogenated alkanes) is 1. The maximum absolute atomic E-state index is 12.3. The van der Waals surface area contributed by atoms with E-state index in [4.69, 9.17) is 62.7 Å². The predicted molar refractivity (Wildman–Crippen MR) is 213 cm³/mol. The number of hydrogen-bond acceptors (Lipinski definition) is 9. The molecule has 5 N–H and O–H groups in total. The van der Waals surface area contributed by atoms with E-state index >= 15 is 0 Å². The third kappa shape index (κ3) is 16.1. The van der Waals surface area contributed by atoms with Crippen molar-refractivity contribution in [1.29, 1.82) is 0 Å². The summed E-state index contributed by atoms with van der Waals surface area (Å²) >= 11 is 29.3. The topological polar surface area (TPSA) is 175 Å². The van der Waals surface area contributed by atoms with Gasteiger partial charge in [-0.25, -0.2) is 29.3 Å². The highest BCUT2D eigenvalue weighted by molar-refractivity contribution is 6.42. The number of amides is 5. The SMILES string of the molecule is Cc1cc(Cl)nc(NC(=O)Nc2ccc(Cl)c(Cl)c2)n1.Cc1cc(NCCCCN(C)C(=O)OC(C)(C)C)nc(NC(=O)Nc2ccc(Cl)c(Cl)c2)n1. The van der Waals surface area contributed by atoms with E-state index in [-0.39, 0.29) is 23.1 Å². The number of anilines is 5. The molecule has 0 atom stereocenters. The lowest BCUT2D eigenvalue weighted by Gasteiger charge is -2.24. The third-order valence-electron chi connectivity index (χ3n) is 6.41. The van der Waals surface area contributed by atoms with E-state index in [1.807, 2.05) is 27.7 Å². The minimum Gasteiger partial charge on any atom is -0.444 e. The fourth-order valence-corrected chi connectivity index (χ4v) is 4.93. The minimum absolute atomic E-state index is 0.118. The Hall–Kier alpha value is -4.34. The van der Waals surface area contributed by atoms with Crippen LogP contribution in [0.4, 0.5) is 43.5 Å². The summed E-state index contributed by atoms with van der Waals surface area (Å²) in [6.45, 7) is 10.3.